The summed E-state index contributed by atoms with van der Waals surface area (Å²) in [6.45, 7) is 6.04. The van der Waals surface area contributed by atoms with E-state index in [2.05, 4.69) is 43.1 Å². The number of pyridine rings is 1. The Morgan fingerprint density at radius 2 is 1.88 bits per heavy atom. The summed E-state index contributed by atoms with van der Waals surface area (Å²) in [7, 11) is 3.80. The number of rotatable bonds is 6. The van der Waals surface area contributed by atoms with Crippen LogP contribution in [0.25, 0.3) is 11.0 Å². The first-order valence-electron chi connectivity index (χ1n) is 11.9. The number of aliphatic hydroxyl groups is 1. The van der Waals surface area contributed by atoms with E-state index in [1.807, 2.05) is 37.5 Å². The minimum Gasteiger partial charge on any atom is -0.373 e. The highest BCUT2D eigenvalue weighted by Gasteiger charge is 2.29. The molecule has 1 saturated heterocycles. The molecule has 9 heteroatoms. The average molecular weight is 451 g/mol. The Hall–Kier alpha value is -2.75. The molecule has 1 aliphatic carbocycles. The van der Waals surface area contributed by atoms with E-state index in [0.717, 1.165) is 72.8 Å². The van der Waals surface area contributed by atoms with Crippen molar-refractivity contribution in [3.05, 3.63) is 35.8 Å². The van der Waals surface area contributed by atoms with Crippen LogP contribution in [0.2, 0.25) is 0 Å². The summed E-state index contributed by atoms with van der Waals surface area (Å²) in [5.74, 6) is 1.24. The second kappa shape index (κ2) is 9.24. The van der Waals surface area contributed by atoms with Crippen LogP contribution in [-0.2, 0) is 0 Å². The van der Waals surface area contributed by atoms with E-state index in [-0.39, 0.29) is 0 Å². The predicted molar refractivity (Wildman–Crippen MR) is 131 cm³/mol. The predicted octanol–water partition coefficient (Wildman–Crippen LogP) is 2.96. The molecule has 0 radical (unpaired) electrons. The van der Waals surface area contributed by atoms with E-state index in [0.29, 0.717) is 12.0 Å². The van der Waals surface area contributed by atoms with E-state index >= 15 is 0 Å². The van der Waals surface area contributed by atoms with Crippen LogP contribution >= 0.6 is 0 Å². The molecule has 0 aromatic carbocycles. The van der Waals surface area contributed by atoms with Gasteiger partial charge in [-0.2, -0.15) is 4.98 Å². The van der Waals surface area contributed by atoms with E-state index < -0.39 is 6.23 Å². The molecular formula is C24H34N8O. The van der Waals surface area contributed by atoms with Crippen molar-refractivity contribution in [1.29, 1.82) is 0 Å². The number of aliphatic hydroxyl groups excluding tert-OH is 1. The Kier molecular flexibility index (Phi) is 6.18. The molecule has 3 aromatic rings. The van der Waals surface area contributed by atoms with Crippen LogP contribution < -0.4 is 15.5 Å². The van der Waals surface area contributed by atoms with Crippen LogP contribution in [0.4, 0.5) is 17.5 Å². The lowest BCUT2D eigenvalue weighted by Gasteiger charge is -2.29. The van der Waals surface area contributed by atoms with Crippen molar-refractivity contribution >= 4 is 28.5 Å². The quantitative estimate of drug-likeness (QED) is 0.494. The van der Waals surface area contributed by atoms with Crippen molar-refractivity contribution in [1.82, 2.24) is 29.7 Å². The van der Waals surface area contributed by atoms with Gasteiger partial charge in [-0.3, -0.25) is 4.90 Å². The highest BCUT2D eigenvalue weighted by atomic mass is 16.3. The number of fused-ring (bicyclic) bond motifs is 1. The van der Waals surface area contributed by atoms with Gasteiger partial charge in [0.25, 0.3) is 0 Å². The summed E-state index contributed by atoms with van der Waals surface area (Å²) in [6.07, 6.45) is 7.72. The first-order chi connectivity index (χ1) is 16.0. The number of nitrogens with one attached hydrogen (secondary N) is 2. The van der Waals surface area contributed by atoms with Crippen molar-refractivity contribution in [3.8, 4) is 0 Å². The van der Waals surface area contributed by atoms with Gasteiger partial charge in [-0.05, 0) is 51.6 Å². The average Bonchev–Trinajstić information content (AvgIpc) is 3.46. The fraction of sp³-hybridized carbons (Fsp3) is 0.542. The molecule has 0 bridgehead atoms. The summed E-state index contributed by atoms with van der Waals surface area (Å²) >= 11 is 0. The summed E-state index contributed by atoms with van der Waals surface area (Å²) in [5, 5.41) is 18.6. The Morgan fingerprint density at radius 3 is 2.55 bits per heavy atom. The number of hydrogen-bond donors (Lipinski definition) is 3. The maximum atomic E-state index is 11.0. The summed E-state index contributed by atoms with van der Waals surface area (Å²) < 4.78 is 2.26. The molecule has 0 amide bonds. The fourth-order valence-electron chi connectivity index (χ4n) is 5.09. The molecule has 1 saturated carbocycles. The van der Waals surface area contributed by atoms with E-state index in [1.54, 1.807) is 0 Å². The van der Waals surface area contributed by atoms with Gasteiger partial charge in [0.15, 0.2) is 0 Å². The van der Waals surface area contributed by atoms with Gasteiger partial charge in [0.05, 0.1) is 17.6 Å². The third kappa shape index (κ3) is 4.28. The second-order valence-corrected chi connectivity index (χ2v) is 9.35. The third-order valence-corrected chi connectivity index (χ3v) is 6.94. The molecule has 1 atom stereocenters. The van der Waals surface area contributed by atoms with Gasteiger partial charge in [0.1, 0.15) is 17.7 Å². The van der Waals surface area contributed by atoms with Gasteiger partial charge in [0, 0.05) is 43.8 Å². The molecule has 4 heterocycles. The number of aromatic nitrogens is 4. The molecule has 1 aliphatic heterocycles. The molecule has 176 valence electrons. The molecule has 0 spiro atoms. The van der Waals surface area contributed by atoms with Gasteiger partial charge >= 0.3 is 0 Å². The van der Waals surface area contributed by atoms with Gasteiger partial charge in [-0.1, -0.05) is 12.8 Å². The highest BCUT2D eigenvalue weighted by molar-refractivity contribution is 5.82. The lowest BCUT2D eigenvalue weighted by molar-refractivity contribution is 0.0313. The summed E-state index contributed by atoms with van der Waals surface area (Å²) in [6, 6.07) is 4.42. The zero-order chi connectivity index (χ0) is 22.9. The number of anilines is 3. The minimum absolute atomic E-state index is 0.352. The van der Waals surface area contributed by atoms with Crippen LogP contribution in [-0.4, -0.2) is 69.8 Å². The molecule has 1 unspecified atom stereocenters. The normalized spacial score (nSPS) is 18.4. The Labute approximate surface area is 194 Å². The van der Waals surface area contributed by atoms with Crippen LogP contribution in [0.3, 0.4) is 0 Å². The number of hydrogen-bond acceptors (Lipinski definition) is 8. The number of aryl methyl sites for hydroxylation is 1. The maximum Gasteiger partial charge on any atom is 0.230 e. The van der Waals surface area contributed by atoms with Gasteiger partial charge in [-0.15, -0.1) is 0 Å². The SMILES string of the molecule is Cc1c(C(O)N(C)C)n(C2CCCC2)c2nc(Nc3ccc(N4CCNCC4)cn3)ncc12. The zero-order valence-electron chi connectivity index (χ0n) is 19.8. The van der Waals surface area contributed by atoms with Crippen LogP contribution in [0.5, 0.6) is 0 Å². The maximum absolute atomic E-state index is 11.0. The van der Waals surface area contributed by atoms with Gasteiger partial charge < -0.3 is 25.2 Å². The third-order valence-electron chi connectivity index (χ3n) is 6.94. The Morgan fingerprint density at radius 1 is 1.12 bits per heavy atom. The first kappa shape index (κ1) is 22.1. The molecule has 2 aliphatic rings. The molecule has 5 rings (SSSR count). The van der Waals surface area contributed by atoms with Gasteiger partial charge in [0.2, 0.25) is 5.95 Å². The van der Waals surface area contributed by atoms with Gasteiger partial charge in [-0.25, -0.2) is 9.97 Å². The van der Waals surface area contributed by atoms with Crippen molar-refractivity contribution in [2.45, 2.75) is 44.9 Å². The Bertz CT molecular complexity index is 1100. The van der Waals surface area contributed by atoms with Crippen molar-refractivity contribution in [3.63, 3.8) is 0 Å². The molecule has 9 nitrogen and oxygen atoms in total. The van der Waals surface area contributed by atoms with E-state index in [1.165, 1.54) is 12.8 Å². The summed E-state index contributed by atoms with van der Waals surface area (Å²) in [5.41, 5.74) is 3.98. The van der Waals surface area contributed by atoms with Crippen molar-refractivity contribution in [2.24, 2.45) is 0 Å². The molecule has 33 heavy (non-hydrogen) atoms. The molecule has 3 aromatic heterocycles. The van der Waals surface area contributed by atoms with Crippen LogP contribution in [0, 0.1) is 6.92 Å². The fourth-order valence-corrected chi connectivity index (χ4v) is 5.09. The first-order valence-corrected chi connectivity index (χ1v) is 11.9. The minimum atomic E-state index is -0.685. The molecule has 2 fully saturated rings. The standard InChI is InChI=1S/C24H34N8O/c1-16-19-15-27-24(28-20-9-8-18(14-26-20)31-12-10-25-11-13-31)29-22(19)32(17-6-4-5-7-17)21(16)23(33)30(2)3/h8-9,14-15,17,23,25,33H,4-7,10-13H2,1-3H3,(H,26,27,28,29). The van der Waals surface area contributed by atoms with Crippen molar-refractivity contribution < 1.29 is 5.11 Å². The highest BCUT2D eigenvalue weighted by Crippen LogP contribution is 2.39. The van der Waals surface area contributed by atoms with Crippen molar-refractivity contribution in [2.75, 3.05) is 50.5 Å². The Balaban J connectivity index is 1.46. The molecule has 3 N–H and O–H groups in total. The summed E-state index contributed by atoms with van der Waals surface area (Å²) in [4.78, 5) is 18.2. The van der Waals surface area contributed by atoms with Crippen LogP contribution in [0.1, 0.15) is 49.2 Å². The van der Waals surface area contributed by atoms with E-state index in [9.17, 15) is 5.11 Å². The van der Waals surface area contributed by atoms with Crippen LogP contribution in [0.15, 0.2) is 24.5 Å². The largest absolute Gasteiger partial charge is 0.373 e. The number of piperazine rings is 1. The second-order valence-electron chi connectivity index (χ2n) is 9.35. The lowest BCUT2D eigenvalue weighted by Crippen LogP contribution is -2.43. The zero-order valence-corrected chi connectivity index (χ0v) is 19.8. The molecular weight excluding hydrogens is 416 g/mol. The van der Waals surface area contributed by atoms with E-state index in [4.69, 9.17) is 4.98 Å². The smallest absolute Gasteiger partial charge is 0.230 e. The number of nitrogens with zero attached hydrogens (tertiary/aromatic N) is 6. The monoisotopic (exact) mass is 450 g/mol. The topological polar surface area (TPSA) is 94.4 Å². The lowest BCUT2D eigenvalue weighted by atomic mass is 10.1.